The van der Waals surface area contributed by atoms with Gasteiger partial charge >= 0.3 is 0 Å². The number of hydrogen-bond acceptors (Lipinski definition) is 4. The van der Waals surface area contributed by atoms with Crippen molar-refractivity contribution in [3.05, 3.63) is 53.9 Å². The number of fused-ring (bicyclic) bond motifs is 1. The predicted molar refractivity (Wildman–Crippen MR) is 99.8 cm³/mol. The highest BCUT2D eigenvalue weighted by Crippen LogP contribution is 2.42. The lowest BCUT2D eigenvalue weighted by Crippen LogP contribution is -2.58. The summed E-state index contributed by atoms with van der Waals surface area (Å²) in [5.41, 5.74) is 8.55. The molecular formula is C20H23FN4O. The molecule has 4 rings (SSSR count). The third kappa shape index (κ3) is 2.43. The highest BCUT2D eigenvalue weighted by molar-refractivity contribution is 6.00. The third-order valence-electron chi connectivity index (χ3n) is 5.64. The summed E-state index contributed by atoms with van der Waals surface area (Å²) < 4.78 is 15.0. The highest BCUT2D eigenvalue weighted by Gasteiger charge is 2.49. The molecule has 5 nitrogen and oxygen atoms in total. The maximum atomic E-state index is 15.0. The van der Waals surface area contributed by atoms with Gasteiger partial charge in [-0.2, -0.15) is 0 Å². The minimum absolute atomic E-state index is 0.0946. The first-order valence-electron chi connectivity index (χ1n) is 8.93. The molecule has 6 heteroatoms. The number of aromatic nitrogens is 1. The maximum Gasteiger partial charge on any atom is 0.255 e. The zero-order chi connectivity index (χ0) is 18.5. The number of hydrogen-bond donors (Lipinski definition) is 1. The van der Waals surface area contributed by atoms with Crippen LogP contribution in [0.4, 0.5) is 15.8 Å². The second-order valence-corrected chi connectivity index (χ2v) is 7.53. The van der Waals surface area contributed by atoms with Crippen molar-refractivity contribution in [3.8, 4) is 0 Å². The number of piperidine rings is 1. The number of nitrogens with zero attached hydrogens (tertiary/aromatic N) is 3. The lowest BCUT2D eigenvalue weighted by molar-refractivity contribution is 0.0237. The highest BCUT2D eigenvalue weighted by atomic mass is 19.1. The van der Waals surface area contributed by atoms with Crippen LogP contribution in [0.5, 0.6) is 0 Å². The van der Waals surface area contributed by atoms with Crippen LogP contribution in [-0.2, 0) is 5.54 Å². The summed E-state index contributed by atoms with van der Waals surface area (Å²) in [5.74, 6) is -0.0946. The quantitative estimate of drug-likeness (QED) is 0.901. The molecule has 1 aromatic heterocycles. The molecule has 0 saturated carbocycles. The molecule has 1 saturated heterocycles. The van der Waals surface area contributed by atoms with Crippen molar-refractivity contribution in [2.24, 2.45) is 0 Å². The van der Waals surface area contributed by atoms with E-state index in [0.29, 0.717) is 30.8 Å². The van der Waals surface area contributed by atoms with Crippen molar-refractivity contribution in [3.63, 3.8) is 0 Å². The number of pyridine rings is 1. The smallest absolute Gasteiger partial charge is 0.255 e. The van der Waals surface area contributed by atoms with Gasteiger partial charge in [-0.1, -0.05) is 18.2 Å². The number of benzene rings is 1. The summed E-state index contributed by atoms with van der Waals surface area (Å²) in [7, 11) is 0. The topological polar surface area (TPSA) is 62.5 Å². The van der Waals surface area contributed by atoms with Gasteiger partial charge in [0.2, 0.25) is 0 Å². The Bertz CT molecular complexity index is 853. The Morgan fingerprint density at radius 3 is 2.77 bits per heavy atom. The van der Waals surface area contributed by atoms with E-state index in [4.69, 9.17) is 5.73 Å². The average molecular weight is 354 g/mol. The molecule has 0 radical (unpaired) electrons. The van der Waals surface area contributed by atoms with Crippen LogP contribution in [0.2, 0.25) is 0 Å². The van der Waals surface area contributed by atoms with Gasteiger partial charge < -0.3 is 15.5 Å². The van der Waals surface area contributed by atoms with Gasteiger partial charge in [0.15, 0.2) is 0 Å². The third-order valence-corrected chi connectivity index (χ3v) is 5.64. The zero-order valence-corrected chi connectivity index (χ0v) is 15.0. The van der Waals surface area contributed by atoms with Crippen LogP contribution in [0.1, 0.15) is 36.2 Å². The maximum absolute atomic E-state index is 15.0. The van der Waals surface area contributed by atoms with Crippen molar-refractivity contribution >= 4 is 17.3 Å². The van der Waals surface area contributed by atoms with Crippen LogP contribution in [0.25, 0.3) is 0 Å². The van der Waals surface area contributed by atoms with Crippen molar-refractivity contribution in [2.45, 2.75) is 38.0 Å². The number of carbonyl (C=O) groups excluding carboxylic acids is 1. The minimum Gasteiger partial charge on any atom is -0.396 e. The van der Waals surface area contributed by atoms with Crippen LogP contribution < -0.4 is 10.6 Å². The fourth-order valence-corrected chi connectivity index (χ4v) is 4.33. The summed E-state index contributed by atoms with van der Waals surface area (Å²) in [6, 6.07) is 8.89. The summed E-state index contributed by atoms with van der Waals surface area (Å²) in [6.07, 6.45) is 2.59. The van der Waals surface area contributed by atoms with Gasteiger partial charge in [0.1, 0.15) is 6.17 Å². The van der Waals surface area contributed by atoms with Crippen molar-refractivity contribution < 1.29 is 9.18 Å². The summed E-state index contributed by atoms with van der Waals surface area (Å²) in [5, 5.41) is 0. The molecule has 1 fully saturated rings. The fraction of sp³-hybridized carbons (Fsp3) is 0.400. The van der Waals surface area contributed by atoms with Crippen LogP contribution in [0.15, 0.2) is 42.7 Å². The van der Waals surface area contributed by atoms with Crippen LogP contribution >= 0.6 is 0 Å². The van der Waals surface area contributed by atoms with Gasteiger partial charge in [-0.3, -0.25) is 9.78 Å². The standard InChI is InChI=1S/C20H23FN4O/c1-20(2)14-6-4-3-5-13(14)19(26)25(20)18-12-24(10-8-15(18)21)17-7-9-23-11-16(17)22/h3-7,9,11,15,18H,8,10,12,22H2,1-2H3/t15-,18+/m0/s1. The normalized spacial score (nSPS) is 24.7. The van der Waals surface area contributed by atoms with Gasteiger partial charge in [-0.15, -0.1) is 0 Å². The summed E-state index contributed by atoms with van der Waals surface area (Å²) in [4.78, 5) is 20.9. The Labute approximate surface area is 152 Å². The Morgan fingerprint density at radius 2 is 2.04 bits per heavy atom. The number of nitrogen functional groups attached to an aromatic ring is 1. The summed E-state index contributed by atoms with van der Waals surface area (Å²) >= 11 is 0. The molecule has 2 aliphatic rings. The van der Waals surface area contributed by atoms with E-state index in [1.54, 1.807) is 17.3 Å². The molecule has 136 valence electrons. The van der Waals surface area contributed by atoms with Crippen LogP contribution in [0.3, 0.4) is 0 Å². The molecule has 0 spiro atoms. The van der Waals surface area contributed by atoms with E-state index < -0.39 is 17.8 Å². The van der Waals surface area contributed by atoms with E-state index in [0.717, 1.165) is 11.3 Å². The molecule has 2 aromatic rings. The SMILES string of the molecule is CC1(C)c2ccccc2C(=O)N1[C@@H]1CN(c2ccncc2N)CC[C@@H]1F. The second-order valence-electron chi connectivity index (χ2n) is 7.53. The number of anilines is 2. The molecular weight excluding hydrogens is 331 g/mol. The first-order chi connectivity index (χ1) is 12.4. The largest absolute Gasteiger partial charge is 0.396 e. The molecule has 1 amide bonds. The van der Waals surface area contributed by atoms with Crippen molar-refractivity contribution in [1.82, 2.24) is 9.88 Å². The Kier molecular flexibility index (Phi) is 3.86. The molecule has 2 N–H and O–H groups in total. The van der Waals surface area contributed by atoms with E-state index in [2.05, 4.69) is 9.88 Å². The molecule has 26 heavy (non-hydrogen) atoms. The molecule has 0 aliphatic carbocycles. The number of halogens is 1. The molecule has 0 bridgehead atoms. The van der Waals surface area contributed by atoms with Crippen molar-refractivity contribution in [2.75, 3.05) is 23.7 Å². The number of amides is 1. The van der Waals surface area contributed by atoms with E-state index in [1.807, 2.05) is 44.2 Å². The summed E-state index contributed by atoms with van der Waals surface area (Å²) in [6.45, 7) is 4.96. The molecule has 1 aromatic carbocycles. The number of rotatable bonds is 2. The zero-order valence-electron chi connectivity index (χ0n) is 15.0. The monoisotopic (exact) mass is 354 g/mol. The average Bonchev–Trinajstić information content (AvgIpc) is 2.83. The van der Waals surface area contributed by atoms with E-state index in [9.17, 15) is 9.18 Å². The molecule has 0 unspecified atom stereocenters. The lowest BCUT2D eigenvalue weighted by atomic mass is 9.91. The van der Waals surface area contributed by atoms with Gasteiger partial charge in [0, 0.05) is 24.8 Å². The lowest BCUT2D eigenvalue weighted by Gasteiger charge is -2.46. The van der Waals surface area contributed by atoms with Crippen molar-refractivity contribution in [1.29, 1.82) is 0 Å². The van der Waals surface area contributed by atoms with Gasteiger partial charge in [-0.25, -0.2) is 4.39 Å². The second kappa shape index (κ2) is 5.97. The number of nitrogens with two attached hydrogens (primary N) is 1. The van der Waals surface area contributed by atoms with E-state index >= 15 is 0 Å². The minimum atomic E-state index is -1.06. The molecule has 3 heterocycles. The Morgan fingerprint density at radius 1 is 1.27 bits per heavy atom. The van der Waals surface area contributed by atoms with Crippen LogP contribution in [0, 0.1) is 0 Å². The number of alkyl halides is 1. The predicted octanol–water partition coefficient (Wildman–Crippen LogP) is 2.97. The first-order valence-corrected chi connectivity index (χ1v) is 8.93. The van der Waals surface area contributed by atoms with Gasteiger partial charge in [0.25, 0.3) is 5.91 Å². The van der Waals surface area contributed by atoms with Gasteiger partial charge in [-0.05, 0) is 38.0 Å². The Hall–Kier alpha value is -2.63. The molecule has 2 atom stereocenters. The molecule has 2 aliphatic heterocycles. The van der Waals surface area contributed by atoms with Crippen LogP contribution in [-0.4, -0.2) is 41.1 Å². The van der Waals surface area contributed by atoms with E-state index in [-0.39, 0.29) is 5.91 Å². The first kappa shape index (κ1) is 16.8. The number of carbonyl (C=O) groups is 1. The van der Waals surface area contributed by atoms with Gasteiger partial charge in [0.05, 0.1) is 29.2 Å². The Balaban J connectivity index is 1.68. The van der Waals surface area contributed by atoms with E-state index in [1.165, 1.54) is 0 Å². The fourth-order valence-electron chi connectivity index (χ4n) is 4.33.